The number of hydrogen-bond acceptors (Lipinski definition) is 4. The monoisotopic (exact) mass is 333 g/mol. The van der Waals surface area contributed by atoms with Crippen LogP contribution in [0.4, 0.5) is 0 Å². The van der Waals surface area contributed by atoms with E-state index in [4.69, 9.17) is 0 Å². The molecule has 25 heavy (non-hydrogen) atoms. The van der Waals surface area contributed by atoms with Gasteiger partial charge in [0.05, 0.1) is 23.2 Å². The zero-order valence-corrected chi connectivity index (χ0v) is 13.7. The first kappa shape index (κ1) is 15.7. The van der Waals surface area contributed by atoms with E-state index >= 15 is 0 Å². The Kier molecular flexibility index (Phi) is 4.15. The molecular weight excluding hydrogens is 314 g/mol. The molecule has 2 N–H and O–H groups in total. The molecule has 0 aliphatic heterocycles. The van der Waals surface area contributed by atoms with Crippen LogP contribution in [0.15, 0.2) is 60.9 Å². The maximum atomic E-state index is 12.9. The van der Waals surface area contributed by atoms with E-state index < -0.39 is 0 Å². The predicted octanol–water partition coefficient (Wildman–Crippen LogP) is 2.87. The molecule has 1 heterocycles. The summed E-state index contributed by atoms with van der Waals surface area (Å²) in [6.45, 7) is 0. The van der Waals surface area contributed by atoms with Gasteiger partial charge in [-0.1, -0.05) is 36.4 Å². The third-order valence-corrected chi connectivity index (χ3v) is 4.81. The van der Waals surface area contributed by atoms with Gasteiger partial charge in [0.15, 0.2) is 0 Å². The number of amides is 1. The number of rotatable bonds is 4. The number of aliphatic hydroxyl groups is 1. The summed E-state index contributed by atoms with van der Waals surface area (Å²) in [6, 6.07) is 15.2. The van der Waals surface area contributed by atoms with Crippen molar-refractivity contribution in [2.45, 2.75) is 25.0 Å². The van der Waals surface area contributed by atoms with Crippen molar-refractivity contribution in [3.8, 4) is 0 Å². The molecule has 0 spiro atoms. The van der Waals surface area contributed by atoms with Crippen LogP contribution in [0.2, 0.25) is 0 Å². The Morgan fingerprint density at radius 3 is 2.56 bits per heavy atom. The van der Waals surface area contributed by atoms with E-state index in [-0.39, 0.29) is 24.0 Å². The standard InChI is InChI=1S/C20H19N3O2/c24-15-11-14(12-15)18(13-5-2-1-3-6-13)23-20(25)16-7-4-8-17-19(16)22-10-9-21-17/h1-10,14-15,18,24H,11-12H2,(H,23,25). The average molecular weight is 333 g/mol. The number of carbonyl (C=O) groups excluding carboxylic acids is 1. The third-order valence-electron chi connectivity index (χ3n) is 4.81. The molecule has 5 nitrogen and oxygen atoms in total. The van der Waals surface area contributed by atoms with Crippen LogP contribution >= 0.6 is 0 Å². The normalized spacial score (nSPS) is 20.7. The number of hydrogen-bond donors (Lipinski definition) is 2. The van der Waals surface area contributed by atoms with Crippen LogP contribution in [-0.4, -0.2) is 27.1 Å². The molecule has 1 unspecified atom stereocenters. The minimum absolute atomic E-state index is 0.121. The van der Waals surface area contributed by atoms with Crippen LogP contribution in [0, 0.1) is 5.92 Å². The van der Waals surface area contributed by atoms with E-state index in [2.05, 4.69) is 15.3 Å². The van der Waals surface area contributed by atoms with E-state index in [0.29, 0.717) is 29.4 Å². The summed E-state index contributed by atoms with van der Waals surface area (Å²) < 4.78 is 0. The molecule has 126 valence electrons. The van der Waals surface area contributed by atoms with Crippen LogP contribution in [-0.2, 0) is 0 Å². The lowest BCUT2D eigenvalue weighted by molar-refractivity contribution is 0.0235. The van der Waals surface area contributed by atoms with E-state index in [1.54, 1.807) is 18.5 Å². The minimum Gasteiger partial charge on any atom is -0.393 e. The fourth-order valence-corrected chi connectivity index (χ4v) is 3.43. The molecule has 0 bridgehead atoms. The van der Waals surface area contributed by atoms with Crippen molar-refractivity contribution in [1.82, 2.24) is 15.3 Å². The van der Waals surface area contributed by atoms with Crippen molar-refractivity contribution in [2.75, 3.05) is 0 Å². The Hall–Kier alpha value is -2.79. The molecule has 3 aromatic rings. The molecule has 1 aliphatic carbocycles. The number of nitrogens with zero attached hydrogens (tertiary/aromatic N) is 2. The van der Waals surface area contributed by atoms with Gasteiger partial charge in [-0.15, -0.1) is 0 Å². The number of aromatic nitrogens is 2. The van der Waals surface area contributed by atoms with E-state index in [9.17, 15) is 9.90 Å². The SMILES string of the molecule is O=C(NC(c1ccccc1)C1CC(O)C1)c1cccc2nccnc12. The Morgan fingerprint density at radius 1 is 1.04 bits per heavy atom. The third kappa shape index (κ3) is 3.10. The number of benzene rings is 2. The van der Waals surface area contributed by atoms with E-state index in [0.717, 1.165) is 5.56 Å². The highest BCUT2D eigenvalue weighted by Crippen LogP contribution is 2.38. The summed E-state index contributed by atoms with van der Waals surface area (Å²) in [5.74, 6) is 0.0729. The van der Waals surface area contributed by atoms with Crippen molar-refractivity contribution >= 4 is 16.9 Å². The van der Waals surface area contributed by atoms with E-state index in [1.165, 1.54) is 0 Å². The van der Waals surface area contributed by atoms with Crippen molar-refractivity contribution in [3.05, 3.63) is 72.1 Å². The number of carbonyl (C=O) groups is 1. The van der Waals surface area contributed by atoms with Gasteiger partial charge >= 0.3 is 0 Å². The second kappa shape index (κ2) is 6.61. The van der Waals surface area contributed by atoms with Crippen LogP contribution in [0.25, 0.3) is 11.0 Å². The number of nitrogens with one attached hydrogen (secondary N) is 1. The molecule has 4 rings (SSSR count). The lowest BCUT2D eigenvalue weighted by atomic mass is 9.75. The summed E-state index contributed by atoms with van der Waals surface area (Å²) in [6.07, 6.45) is 4.35. The lowest BCUT2D eigenvalue weighted by Crippen LogP contribution is -2.41. The molecule has 1 aromatic heterocycles. The van der Waals surface area contributed by atoms with Gasteiger partial charge in [-0.05, 0) is 36.5 Å². The zero-order valence-electron chi connectivity index (χ0n) is 13.7. The summed E-state index contributed by atoms with van der Waals surface area (Å²) in [7, 11) is 0. The predicted molar refractivity (Wildman–Crippen MR) is 94.9 cm³/mol. The van der Waals surface area contributed by atoms with Gasteiger partial charge in [-0.25, -0.2) is 0 Å². The first-order chi connectivity index (χ1) is 12.2. The first-order valence-corrected chi connectivity index (χ1v) is 8.46. The van der Waals surface area contributed by atoms with Gasteiger partial charge < -0.3 is 10.4 Å². The molecule has 1 atom stereocenters. The van der Waals surface area contributed by atoms with Gasteiger partial charge in [0.1, 0.15) is 5.52 Å². The van der Waals surface area contributed by atoms with Gasteiger partial charge in [0.25, 0.3) is 5.91 Å². The van der Waals surface area contributed by atoms with Crippen LogP contribution in [0.3, 0.4) is 0 Å². The van der Waals surface area contributed by atoms with Gasteiger partial charge in [-0.2, -0.15) is 0 Å². The molecule has 1 aliphatic rings. The molecule has 2 aromatic carbocycles. The second-order valence-electron chi connectivity index (χ2n) is 6.48. The Morgan fingerprint density at radius 2 is 1.80 bits per heavy atom. The molecule has 1 fully saturated rings. The van der Waals surface area contributed by atoms with Crippen molar-refractivity contribution < 1.29 is 9.90 Å². The average Bonchev–Trinajstić information content (AvgIpc) is 2.64. The molecule has 1 amide bonds. The van der Waals surface area contributed by atoms with Gasteiger partial charge in [-0.3, -0.25) is 14.8 Å². The second-order valence-corrected chi connectivity index (χ2v) is 6.48. The zero-order chi connectivity index (χ0) is 17.2. The Bertz CT molecular complexity index is 886. The Balaban J connectivity index is 1.64. The maximum Gasteiger partial charge on any atom is 0.254 e. The minimum atomic E-state index is -0.267. The topological polar surface area (TPSA) is 75.1 Å². The van der Waals surface area contributed by atoms with Crippen LogP contribution in [0.1, 0.15) is 34.8 Å². The molecule has 0 saturated heterocycles. The van der Waals surface area contributed by atoms with Gasteiger partial charge in [0.2, 0.25) is 0 Å². The van der Waals surface area contributed by atoms with Crippen LogP contribution < -0.4 is 5.32 Å². The van der Waals surface area contributed by atoms with E-state index in [1.807, 2.05) is 42.5 Å². The molecular formula is C20H19N3O2. The summed E-state index contributed by atoms with van der Waals surface area (Å²) in [5.41, 5.74) is 2.87. The quantitative estimate of drug-likeness (QED) is 0.770. The summed E-state index contributed by atoms with van der Waals surface area (Å²) in [5, 5.41) is 12.8. The van der Waals surface area contributed by atoms with Crippen molar-refractivity contribution in [1.29, 1.82) is 0 Å². The number of para-hydroxylation sites is 1. The molecule has 0 radical (unpaired) electrons. The highest BCUT2D eigenvalue weighted by molar-refractivity contribution is 6.04. The molecule has 5 heteroatoms. The number of aliphatic hydroxyl groups excluding tert-OH is 1. The lowest BCUT2D eigenvalue weighted by Gasteiger charge is -2.38. The summed E-state index contributed by atoms with van der Waals surface area (Å²) in [4.78, 5) is 21.5. The van der Waals surface area contributed by atoms with Crippen LogP contribution in [0.5, 0.6) is 0 Å². The van der Waals surface area contributed by atoms with Crippen molar-refractivity contribution in [2.24, 2.45) is 5.92 Å². The maximum absolute atomic E-state index is 12.9. The fourth-order valence-electron chi connectivity index (χ4n) is 3.43. The smallest absolute Gasteiger partial charge is 0.254 e. The highest BCUT2D eigenvalue weighted by Gasteiger charge is 2.35. The first-order valence-electron chi connectivity index (χ1n) is 8.46. The highest BCUT2D eigenvalue weighted by atomic mass is 16.3. The summed E-state index contributed by atoms with van der Waals surface area (Å²) >= 11 is 0. The van der Waals surface area contributed by atoms with Gasteiger partial charge in [0, 0.05) is 12.4 Å². The fraction of sp³-hybridized carbons (Fsp3) is 0.250. The Labute approximate surface area is 145 Å². The van der Waals surface area contributed by atoms with Crippen molar-refractivity contribution in [3.63, 3.8) is 0 Å². The number of fused-ring (bicyclic) bond motifs is 1. The molecule has 1 saturated carbocycles. The largest absolute Gasteiger partial charge is 0.393 e.